The van der Waals surface area contributed by atoms with Crippen LogP contribution in [0.4, 0.5) is 0 Å². The molecule has 1 fully saturated rings. The van der Waals surface area contributed by atoms with Crippen molar-refractivity contribution in [2.75, 3.05) is 0 Å². The third-order valence-corrected chi connectivity index (χ3v) is 3.58. The van der Waals surface area contributed by atoms with Crippen molar-refractivity contribution in [3.63, 3.8) is 0 Å². The lowest BCUT2D eigenvalue weighted by Crippen LogP contribution is -1.84. The molecule has 0 unspecified atom stereocenters. The average molecular weight is 291 g/mol. The van der Waals surface area contributed by atoms with Gasteiger partial charge in [-0.05, 0) is 35.4 Å². The van der Waals surface area contributed by atoms with E-state index in [9.17, 15) is 0 Å². The van der Waals surface area contributed by atoms with E-state index in [1.165, 1.54) is 0 Å². The zero-order valence-corrected chi connectivity index (χ0v) is 11.6. The molecule has 2 aromatic rings. The standard InChI is InChI=1S/C16H12Cl2O/c17-13-6-1-11(2-7-13)3-10-15-16(19-15)12-4-8-14(18)9-5-12/h1-10,15-16H/b10-3+/t15-,16+/m0/s1. The summed E-state index contributed by atoms with van der Waals surface area (Å²) >= 11 is 11.7. The normalized spacial score (nSPS) is 21.8. The molecule has 0 saturated carbocycles. The monoisotopic (exact) mass is 290 g/mol. The molecule has 1 nitrogen and oxygen atoms in total. The summed E-state index contributed by atoms with van der Waals surface area (Å²) in [6, 6.07) is 15.5. The van der Waals surface area contributed by atoms with E-state index in [2.05, 4.69) is 12.2 Å². The topological polar surface area (TPSA) is 12.5 Å². The number of epoxide rings is 1. The first-order chi connectivity index (χ1) is 9.22. The molecule has 2 aromatic carbocycles. The van der Waals surface area contributed by atoms with E-state index in [0.29, 0.717) is 0 Å². The van der Waals surface area contributed by atoms with Gasteiger partial charge in [0, 0.05) is 10.0 Å². The Labute approximate surface area is 122 Å². The first kappa shape index (κ1) is 12.7. The molecule has 3 heteroatoms. The minimum atomic E-state index is 0.150. The minimum Gasteiger partial charge on any atom is -0.360 e. The Morgan fingerprint density at radius 2 is 1.42 bits per heavy atom. The maximum atomic E-state index is 5.86. The van der Waals surface area contributed by atoms with Crippen molar-refractivity contribution in [2.24, 2.45) is 0 Å². The molecule has 96 valence electrons. The Kier molecular flexibility index (Phi) is 3.61. The zero-order valence-electron chi connectivity index (χ0n) is 10.1. The van der Waals surface area contributed by atoms with Crippen LogP contribution in [-0.4, -0.2) is 6.10 Å². The highest BCUT2D eigenvalue weighted by Crippen LogP contribution is 2.40. The van der Waals surface area contributed by atoms with Crippen molar-refractivity contribution in [1.82, 2.24) is 0 Å². The highest BCUT2D eigenvalue weighted by atomic mass is 35.5. The Bertz CT molecular complexity index is 587. The van der Waals surface area contributed by atoms with Crippen molar-refractivity contribution in [3.8, 4) is 0 Å². The quantitative estimate of drug-likeness (QED) is 0.713. The Morgan fingerprint density at radius 1 is 0.842 bits per heavy atom. The summed E-state index contributed by atoms with van der Waals surface area (Å²) in [5.74, 6) is 0. The summed E-state index contributed by atoms with van der Waals surface area (Å²) in [7, 11) is 0. The highest BCUT2D eigenvalue weighted by molar-refractivity contribution is 6.30. The van der Waals surface area contributed by atoms with Gasteiger partial charge in [-0.3, -0.25) is 0 Å². The molecule has 1 heterocycles. The third kappa shape index (κ3) is 3.19. The predicted molar refractivity (Wildman–Crippen MR) is 79.6 cm³/mol. The molecule has 0 amide bonds. The van der Waals surface area contributed by atoms with E-state index >= 15 is 0 Å². The van der Waals surface area contributed by atoms with Crippen molar-refractivity contribution < 1.29 is 4.74 Å². The van der Waals surface area contributed by atoms with Gasteiger partial charge in [0.05, 0.1) is 0 Å². The molecule has 1 aliphatic rings. The molecule has 19 heavy (non-hydrogen) atoms. The molecule has 0 N–H and O–H groups in total. The molecular formula is C16H12Cl2O. The second kappa shape index (κ2) is 5.38. The van der Waals surface area contributed by atoms with Gasteiger partial charge in [0.15, 0.2) is 0 Å². The van der Waals surface area contributed by atoms with E-state index in [1.54, 1.807) is 0 Å². The molecule has 0 radical (unpaired) electrons. The van der Waals surface area contributed by atoms with Crippen molar-refractivity contribution in [3.05, 3.63) is 75.8 Å². The minimum absolute atomic E-state index is 0.150. The fourth-order valence-corrected chi connectivity index (χ4v) is 2.22. The van der Waals surface area contributed by atoms with Crippen LogP contribution in [0.25, 0.3) is 6.08 Å². The van der Waals surface area contributed by atoms with Crippen LogP contribution >= 0.6 is 23.2 Å². The van der Waals surface area contributed by atoms with Crippen LogP contribution in [0.15, 0.2) is 54.6 Å². The largest absolute Gasteiger partial charge is 0.360 e. The number of benzene rings is 2. The van der Waals surface area contributed by atoms with Crippen LogP contribution in [0.1, 0.15) is 17.2 Å². The lowest BCUT2D eigenvalue weighted by atomic mass is 10.1. The smallest absolute Gasteiger partial charge is 0.113 e. The van der Waals surface area contributed by atoms with Crippen LogP contribution in [-0.2, 0) is 4.74 Å². The Morgan fingerprint density at radius 3 is 2.05 bits per heavy atom. The Hall–Kier alpha value is -1.28. The summed E-state index contributed by atoms with van der Waals surface area (Å²) in [5.41, 5.74) is 2.28. The second-order valence-corrected chi connectivity index (χ2v) is 5.36. The van der Waals surface area contributed by atoms with Crippen molar-refractivity contribution in [2.45, 2.75) is 12.2 Å². The average Bonchev–Trinajstić information content (AvgIpc) is 3.19. The molecule has 0 aliphatic carbocycles. The van der Waals surface area contributed by atoms with Gasteiger partial charge < -0.3 is 4.74 Å². The van der Waals surface area contributed by atoms with Gasteiger partial charge >= 0.3 is 0 Å². The fourth-order valence-electron chi connectivity index (χ4n) is 1.97. The van der Waals surface area contributed by atoms with Gasteiger partial charge in [0.1, 0.15) is 12.2 Å². The van der Waals surface area contributed by atoms with E-state index < -0.39 is 0 Å². The first-order valence-electron chi connectivity index (χ1n) is 6.07. The number of hydrogen-bond acceptors (Lipinski definition) is 1. The molecule has 0 spiro atoms. The second-order valence-electron chi connectivity index (χ2n) is 4.48. The third-order valence-electron chi connectivity index (χ3n) is 3.07. The van der Waals surface area contributed by atoms with E-state index in [0.717, 1.165) is 21.2 Å². The van der Waals surface area contributed by atoms with Gasteiger partial charge in [-0.15, -0.1) is 0 Å². The van der Waals surface area contributed by atoms with Gasteiger partial charge in [0.25, 0.3) is 0 Å². The number of halogens is 2. The van der Waals surface area contributed by atoms with E-state index in [4.69, 9.17) is 27.9 Å². The van der Waals surface area contributed by atoms with Crippen LogP contribution < -0.4 is 0 Å². The molecular weight excluding hydrogens is 279 g/mol. The molecule has 2 atom stereocenters. The Balaban J connectivity index is 1.64. The van der Waals surface area contributed by atoms with Crippen LogP contribution in [0, 0.1) is 0 Å². The van der Waals surface area contributed by atoms with Gasteiger partial charge in [0.2, 0.25) is 0 Å². The van der Waals surface area contributed by atoms with Gasteiger partial charge in [-0.25, -0.2) is 0 Å². The summed E-state index contributed by atoms with van der Waals surface area (Å²) in [6.07, 6.45) is 4.43. The van der Waals surface area contributed by atoms with Gasteiger partial charge in [-0.2, -0.15) is 0 Å². The van der Waals surface area contributed by atoms with Crippen LogP contribution in [0.2, 0.25) is 10.0 Å². The number of hydrogen-bond donors (Lipinski definition) is 0. The molecule has 3 rings (SSSR count). The SMILES string of the molecule is Clc1ccc(/C=C/[C@@H]2O[C@@H]2c2ccc(Cl)cc2)cc1. The number of rotatable bonds is 3. The van der Waals surface area contributed by atoms with Crippen molar-refractivity contribution in [1.29, 1.82) is 0 Å². The number of ether oxygens (including phenoxy) is 1. The van der Waals surface area contributed by atoms with E-state index in [1.807, 2.05) is 48.5 Å². The lowest BCUT2D eigenvalue weighted by molar-refractivity contribution is 0.394. The van der Waals surface area contributed by atoms with Crippen LogP contribution in [0.3, 0.4) is 0 Å². The summed E-state index contributed by atoms with van der Waals surface area (Å²) in [4.78, 5) is 0. The highest BCUT2D eigenvalue weighted by Gasteiger charge is 2.37. The summed E-state index contributed by atoms with van der Waals surface area (Å²) in [6.45, 7) is 0. The lowest BCUT2D eigenvalue weighted by Gasteiger charge is -1.95. The van der Waals surface area contributed by atoms with Crippen molar-refractivity contribution >= 4 is 29.3 Å². The fraction of sp³-hybridized carbons (Fsp3) is 0.125. The zero-order chi connectivity index (χ0) is 13.2. The van der Waals surface area contributed by atoms with Gasteiger partial charge in [-0.1, -0.05) is 59.6 Å². The maximum absolute atomic E-state index is 5.86. The molecule has 0 aromatic heterocycles. The summed E-state index contributed by atoms with van der Waals surface area (Å²) < 4.78 is 5.63. The molecule has 1 aliphatic heterocycles. The molecule has 1 saturated heterocycles. The van der Waals surface area contributed by atoms with E-state index in [-0.39, 0.29) is 12.2 Å². The predicted octanol–water partition coefficient (Wildman–Crippen LogP) is 5.15. The van der Waals surface area contributed by atoms with Crippen LogP contribution in [0.5, 0.6) is 0 Å². The summed E-state index contributed by atoms with van der Waals surface area (Å²) in [5, 5.41) is 1.50. The first-order valence-corrected chi connectivity index (χ1v) is 6.83. The maximum Gasteiger partial charge on any atom is 0.113 e. The molecule has 0 bridgehead atoms.